The highest BCUT2D eigenvalue weighted by Gasteiger charge is 2.43. The monoisotopic (exact) mass is 672 g/mol. The summed E-state index contributed by atoms with van der Waals surface area (Å²) < 4.78 is 17.3. The first-order chi connectivity index (χ1) is 23.3. The number of nitrogens with zero attached hydrogens (tertiary/aromatic N) is 7. The second-order valence-corrected chi connectivity index (χ2v) is 13.4. The van der Waals surface area contributed by atoms with E-state index in [0.29, 0.717) is 31.1 Å². The number of likely N-dealkylation sites (N-methyl/N-ethyl adjacent to an activating group) is 2. The SMILES string of the molecule is CN(C)C(=O)C1CC(Oc2cnc3ccccc3n2)CN1.CN(C)C(=O)C1CC(Oc2cnc3ccccc3n2)CN1C(=O)OC(C)(C)C. The predicted molar refractivity (Wildman–Crippen MR) is 183 cm³/mol. The van der Waals surface area contributed by atoms with Crippen molar-refractivity contribution in [2.24, 2.45) is 0 Å². The molecule has 1 N–H and O–H groups in total. The van der Waals surface area contributed by atoms with Crippen LogP contribution in [-0.4, -0.2) is 124 Å². The second-order valence-electron chi connectivity index (χ2n) is 13.4. The number of hydrogen-bond acceptors (Lipinski definition) is 11. The van der Waals surface area contributed by atoms with Crippen LogP contribution in [0.1, 0.15) is 33.6 Å². The summed E-state index contributed by atoms with van der Waals surface area (Å²) in [6.45, 7) is 6.26. The molecule has 14 heteroatoms. The minimum Gasteiger partial charge on any atom is -0.472 e. The van der Waals surface area contributed by atoms with E-state index < -0.39 is 17.7 Å². The zero-order chi connectivity index (χ0) is 35.3. The number of hydrogen-bond donors (Lipinski definition) is 1. The van der Waals surface area contributed by atoms with E-state index in [1.807, 2.05) is 48.5 Å². The summed E-state index contributed by atoms with van der Waals surface area (Å²) >= 11 is 0. The molecule has 14 nitrogen and oxygen atoms in total. The van der Waals surface area contributed by atoms with Crippen LogP contribution in [0.25, 0.3) is 22.1 Å². The van der Waals surface area contributed by atoms with Crippen molar-refractivity contribution in [3.05, 3.63) is 60.9 Å². The summed E-state index contributed by atoms with van der Waals surface area (Å²) in [6, 6.07) is 14.3. The third-order valence-electron chi connectivity index (χ3n) is 7.87. The van der Waals surface area contributed by atoms with Gasteiger partial charge in [0.25, 0.3) is 0 Å². The van der Waals surface area contributed by atoms with Crippen LogP contribution < -0.4 is 14.8 Å². The van der Waals surface area contributed by atoms with E-state index in [2.05, 4.69) is 25.3 Å². The molecule has 2 aliphatic rings. The third kappa shape index (κ3) is 9.08. The molecule has 2 aromatic heterocycles. The van der Waals surface area contributed by atoms with Crippen LogP contribution in [-0.2, 0) is 14.3 Å². The van der Waals surface area contributed by atoms with Crippen molar-refractivity contribution >= 4 is 40.0 Å². The molecule has 6 rings (SSSR count). The number of likely N-dealkylation sites (tertiary alicyclic amines) is 1. The lowest BCUT2D eigenvalue weighted by atomic mass is 10.2. The number of benzene rings is 2. The van der Waals surface area contributed by atoms with Crippen molar-refractivity contribution in [1.29, 1.82) is 0 Å². The number of ether oxygens (including phenoxy) is 3. The van der Waals surface area contributed by atoms with Gasteiger partial charge >= 0.3 is 6.09 Å². The minimum atomic E-state index is -0.647. The predicted octanol–water partition coefficient (Wildman–Crippen LogP) is 3.30. The Hall–Kier alpha value is -5.11. The fourth-order valence-electron chi connectivity index (χ4n) is 5.57. The highest BCUT2D eigenvalue weighted by atomic mass is 16.6. The third-order valence-corrected chi connectivity index (χ3v) is 7.87. The van der Waals surface area contributed by atoms with Gasteiger partial charge in [-0.1, -0.05) is 24.3 Å². The highest BCUT2D eigenvalue weighted by molar-refractivity contribution is 5.86. The first-order valence-corrected chi connectivity index (χ1v) is 16.2. The molecule has 2 aliphatic heterocycles. The molecule has 0 radical (unpaired) electrons. The Morgan fingerprint density at radius 2 is 1.27 bits per heavy atom. The molecule has 0 saturated carbocycles. The Balaban J connectivity index is 0.000000199. The molecule has 2 aromatic carbocycles. The van der Waals surface area contributed by atoms with Crippen LogP contribution in [0.4, 0.5) is 4.79 Å². The van der Waals surface area contributed by atoms with Crippen molar-refractivity contribution in [1.82, 2.24) is 40.0 Å². The number of para-hydroxylation sites is 4. The molecular formula is C35H44N8O6. The van der Waals surface area contributed by atoms with E-state index in [0.717, 1.165) is 22.1 Å². The molecular weight excluding hydrogens is 628 g/mol. The van der Waals surface area contributed by atoms with Crippen molar-refractivity contribution in [2.75, 3.05) is 41.3 Å². The van der Waals surface area contributed by atoms with Gasteiger partial charge in [0.1, 0.15) is 23.9 Å². The van der Waals surface area contributed by atoms with Gasteiger partial charge in [-0.25, -0.2) is 24.7 Å². The van der Waals surface area contributed by atoms with Crippen LogP contribution in [0.2, 0.25) is 0 Å². The number of rotatable bonds is 6. The van der Waals surface area contributed by atoms with Crippen LogP contribution in [0.5, 0.6) is 11.8 Å². The number of amides is 3. The van der Waals surface area contributed by atoms with Gasteiger partial charge < -0.3 is 29.3 Å². The largest absolute Gasteiger partial charge is 0.472 e. The van der Waals surface area contributed by atoms with Gasteiger partial charge in [-0.2, -0.15) is 0 Å². The van der Waals surface area contributed by atoms with Crippen molar-refractivity contribution < 1.29 is 28.6 Å². The summed E-state index contributed by atoms with van der Waals surface area (Å²) in [6.07, 6.45) is 3.23. The van der Waals surface area contributed by atoms with Gasteiger partial charge in [0, 0.05) is 47.6 Å². The van der Waals surface area contributed by atoms with Gasteiger partial charge in [0.05, 0.1) is 47.0 Å². The molecule has 0 aliphatic carbocycles. The van der Waals surface area contributed by atoms with E-state index in [1.54, 1.807) is 66.3 Å². The maximum atomic E-state index is 12.6. The number of carbonyl (C=O) groups is 3. The first kappa shape index (κ1) is 35.2. The minimum absolute atomic E-state index is 0.0608. The Kier molecular flexibility index (Phi) is 10.8. The average Bonchev–Trinajstić information content (AvgIpc) is 3.71. The van der Waals surface area contributed by atoms with Crippen LogP contribution >= 0.6 is 0 Å². The van der Waals surface area contributed by atoms with Crippen LogP contribution in [0.3, 0.4) is 0 Å². The second kappa shape index (κ2) is 15.0. The molecule has 2 saturated heterocycles. The molecule has 0 bridgehead atoms. The highest BCUT2D eigenvalue weighted by Crippen LogP contribution is 2.26. The van der Waals surface area contributed by atoms with Crippen LogP contribution in [0, 0.1) is 0 Å². The van der Waals surface area contributed by atoms with Crippen LogP contribution in [0.15, 0.2) is 60.9 Å². The fraction of sp³-hybridized carbons (Fsp3) is 0.457. The van der Waals surface area contributed by atoms with Gasteiger partial charge in [0.2, 0.25) is 23.6 Å². The van der Waals surface area contributed by atoms with Gasteiger partial charge in [0.15, 0.2) is 0 Å². The van der Waals surface area contributed by atoms with E-state index in [9.17, 15) is 14.4 Å². The molecule has 49 heavy (non-hydrogen) atoms. The topological polar surface area (TPSA) is 152 Å². The van der Waals surface area contributed by atoms with Gasteiger partial charge in [-0.15, -0.1) is 0 Å². The smallest absolute Gasteiger partial charge is 0.411 e. The normalized spacial score (nSPS) is 20.3. The average molecular weight is 673 g/mol. The standard InChI is InChI=1S/C20H26N4O4.C15H18N4O2/c1-20(2,3)28-19(26)24-12-13(10-16(24)18(25)23(4)5)27-17-11-21-14-8-6-7-9-15(14)22-17;1-19(2)15(20)13-7-10(8-16-13)21-14-9-17-11-5-3-4-6-12(11)18-14/h6-9,11,13,16H,10,12H2,1-5H3;3-6,9-10,13,16H,7-8H2,1-2H3. The van der Waals surface area contributed by atoms with Crippen molar-refractivity contribution in [3.8, 4) is 11.8 Å². The van der Waals surface area contributed by atoms with E-state index in [4.69, 9.17) is 14.2 Å². The summed E-state index contributed by atoms with van der Waals surface area (Å²) in [4.78, 5) is 59.2. The van der Waals surface area contributed by atoms with Crippen molar-refractivity contribution in [3.63, 3.8) is 0 Å². The maximum Gasteiger partial charge on any atom is 0.411 e. The Labute approximate surface area is 285 Å². The number of aromatic nitrogens is 4. The Bertz CT molecular complexity index is 1800. The van der Waals surface area contributed by atoms with E-state index in [-0.39, 0.29) is 36.6 Å². The Morgan fingerprint density at radius 1 is 0.755 bits per heavy atom. The Morgan fingerprint density at radius 3 is 1.78 bits per heavy atom. The summed E-state index contributed by atoms with van der Waals surface area (Å²) in [5.74, 6) is 0.775. The summed E-state index contributed by atoms with van der Waals surface area (Å²) in [5, 5.41) is 3.18. The van der Waals surface area contributed by atoms with Gasteiger partial charge in [-0.05, 0) is 45.0 Å². The molecule has 3 amide bonds. The molecule has 4 atom stereocenters. The molecule has 260 valence electrons. The molecule has 4 heterocycles. The zero-order valence-corrected chi connectivity index (χ0v) is 29.0. The molecule has 2 fully saturated rings. The number of fused-ring (bicyclic) bond motifs is 2. The number of carbonyl (C=O) groups excluding carboxylic acids is 3. The van der Waals surface area contributed by atoms with E-state index >= 15 is 0 Å². The quantitative estimate of drug-likeness (QED) is 0.321. The van der Waals surface area contributed by atoms with Crippen molar-refractivity contribution in [2.45, 2.75) is 63.5 Å². The lowest BCUT2D eigenvalue weighted by molar-refractivity contribution is -0.133. The number of nitrogens with one attached hydrogen (secondary N) is 1. The lowest BCUT2D eigenvalue weighted by Crippen LogP contribution is -2.47. The molecule has 0 spiro atoms. The maximum absolute atomic E-state index is 12.6. The fourth-order valence-corrected chi connectivity index (χ4v) is 5.57. The molecule has 4 aromatic rings. The molecule has 4 unspecified atom stereocenters. The summed E-state index contributed by atoms with van der Waals surface area (Å²) in [5.41, 5.74) is 2.50. The summed E-state index contributed by atoms with van der Waals surface area (Å²) in [7, 11) is 6.84. The zero-order valence-electron chi connectivity index (χ0n) is 29.0. The van der Waals surface area contributed by atoms with Gasteiger partial charge in [-0.3, -0.25) is 14.5 Å². The first-order valence-electron chi connectivity index (χ1n) is 16.2. The van der Waals surface area contributed by atoms with E-state index in [1.165, 1.54) is 9.80 Å². The lowest BCUT2D eigenvalue weighted by Gasteiger charge is -2.28.